The van der Waals surface area contributed by atoms with Crippen LogP contribution in [0.3, 0.4) is 0 Å². The Labute approximate surface area is 111 Å². The zero-order valence-electron chi connectivity index (χ0n) is 11.2. The molecule has 1 aliphatic rings. The van der Waals surface area contributed by atoms with E-state index >= 15 is 0 Å². The Bertz CT molecular complexity index is 440. The Morgan fingerprint density at radius 1 is 1.58 bits per heavy atom. The normalized spacial score (nSPS) is 17.6. The summed E-state index contributed by atoms with van der Waals surface area (Å²) < 4.78 is 4.73. The van der Waals surface area contributed by atoms with Crippen LogP contribution < -0.4 is 5.32 Å². The van der Waals surface area contributed by atoms with E-state index < -0.39 is 12.0 Å². The van der Waals surface area contributed by atoms with E-state index in [1.165, 1.54) is 13.4 Å². The first-order valence-corrected chi connectivity index (χ1v) is 6.47. The standard InChI is InChI=1S/C13H19N3O3/c1-8(9-3-4-9)12(17)16-11(13(18)19-2)5-10-6-14-7-15-10/h6-9,11H,3-5H2,1-2H3,(H,14,15)(H,16,17)/t8?,11-/m0/s1. The van der Waals surface area contributed by atoms with Gasteiger partial charge in [0.05, 0.1) is 13.4 Å². The largest absolute Gasteiger partial charge is 0.467 e. The highest BCUT2D eigenvalue weighted by molar-refractivity contribution is 5.86. The van der Waals surface area contributed by atoms with Crippen molar-refractivity contribution < 1.29 is 14.3 Å². The molecule has 1 unspecified atom stereocenters. The Balaban J connectivity index is 1.96. The van der Waals surface area contributed by atoms with E-state index in [1.54, 1.807) is 6.20 Å². The lowest BCUT2D eigenvalue weighted by Crippen LogP contribution is -2.45. The molecule has 2 rings (SSSR count). The maximum Gasteiger partial charge on any atom is 0.328 e. The third-order valence-corrected chi connectivity index (χ3v) is 3.52. The summed E-state index contributed by atoms with van der Waals surface area (Å²) in [5, 5.41) is 2.77. The molecule has 1 amide bonds. The zero-order valence-corrected chi connectivity index (χ0v) is 11.2. The number of H-pyrrole nitrogens is 1. The molecule has 6 heteroatoms. The minimum absolute atomic E-state index is 0.0473. The second-order valence-electron chi connectivity index (χ2n) is 4.99. The Hall–Kier alpha value is -1.85. The number of nitrogens with one attached hydrogen (secondary N) is 2. The average Bonchev–Trinajstić information content (AvgIpc) is 3.14. The first-order chi connectivity index (χ1) is 9.11. The van der Waals surface area contributed by atoms with Crippen LogP contribution in [0.4, 0.5) is 0 Å². The van der Waals surface area contributed by atoms with Crippen LogP contribution in [0, 0.1) is 11.8 Å². The van der Waals surface area contributed by atoms with Gasteiger partial charge in [0, 0.05) is 24.2 Å². The lowest BCUT2D eigenvalue weighted by molar-refractivity contribution is -0.145. The number of rotatable bonds is 6. The smallest absolute Gasteiger partial charge is 0.328 e. The van der Waals surface area contributed by atoms with Crippen LogP contribution >= 0.6 is 0 Å². The van der Waals surface area contributed by atoms with E-state index in [0.29, 0.717) is 12.3 Å². The first-order valence-electron chi connectivity index (χ1n) is 6.47. The quantitative estimate of drug-likeness (QED) is 0.740. The van der Waals surface area contributed by atoms with Crippen molar-refractivity contribution >= 4 is 11.9 Å². The third-order valence-electron chi connectivity index (χ3n) is 3.52. The molecule has 0 spiro atoms. The molecule has 0 aliphatic heterocycles. The summed E-state index contributed by atoms with van der Waals surface area (Å²) in [4.78, 5) is 30.6. The fourth-order valence-electron chi connectivity index (χ4n) is 2.07. The Kier molecular flexibility index (Phi) is 4.19. The summed E-state index contributed by atoms with van der Waals surface area (Å²) in [6.07, 6.45) is 5.72. The molecule has 2 atom stereocenters. The number of methoxy groups -OCH3 is 1. The molecule has 1 aliphatic carbocycles. The van der Waals surface area contributed by atoms with Crippen molar-refractivity contribution in [3.63, 3.8) is 0 Å². The molecule has 0 radical (unpaired) electrons. The van der Waals surface area contributed by atoms with Gasteiger partial charge in [-0.05, 0) is 18.8 Å². The maximum absolute atomic E-state index is 12.0. The molecule has 1 heterocycles. The second kappa shape index (κ2) is 5.86. The minimum atomic E-state index is -0.667. The average molecular weight is 265 g/mol. The summed E-state index contributed by atoms with van der Waals surface area (Å²) >= 11 is 0. The summed E-state index contributed by atoms with van der Waals surface area (Å²) in [5.74, 6) is -0.109. The molecular weight excluding hydrogens is 246 g/mol. The predicted octanol–water partition coefficient (Wildman–Crippen LogP) is 0.656. The van der Waals surface area contributed by atoms with Crippen LogP contribution in [-0.4, -0.2) is 35.0 Å². The van der Waals surface area contributed by atoms with Crippen LogP contribution in [0.5, 0.6) is 0 Å². The number of amides is 1. The topological polar surface area (TPSA) is 84.1 Å². The van der Waals surface area contributed by atoms with Gasteiger partial charge in [-0.25, -0.2) is 9.78 Å². The molecular formula is C13H19N3O3. The summed E-state index contributed by atoms with van der Waals surface area (Å²) in [7, 11) is 1.32. The molecule has 104 valence electrons. The molecule has 0 aromatic carbocycles. The third kappa shape index (κ3) is 3.56. The molecule has 0 saturated heterocycles. The lowest BCUT2D eigenvalue weighted by atomic mass is 10.0. The van der Waals surface area contributed by atoms with Gasteiger partial charge in [-0.3, -0.25) is 4.79 Å². The van der Waals surface area contributed by atoms with E-state index in [2.05, 4.69) is 15.3 Å². The Morgan fingerprint density at radius 2 is 2.32 bits per heavy atom. The van der Waals surface area contributed by atoms with E-state index in [4.69, 9.17) is 4.74 Å². The molecule has 6 nitrogen and oxygen atoms in total. The molecule has 19 heavy (non-hydrogen) atoms. The first kappa shape index (κ1) is 13.6. The van der Waals surface area contributed by atoms with Crippen LogP contribution in [-0.2, 0) is 20.7 Å². The zero-order chi connectivity index (χ0) is 13.8. The predicted molar refractivity (Wildman–Crippen MR) is 68.1 cm³/mol. The molecule has 0 bridgehead atoms. The number of imidazole rings is 1. The van der Waals surface area contributed by atoms with Gasteiger partial charge < -0.3 is 15.0 Å². The van der Waals surface area contributed by atoms with Crippen LogP contribution in [0.1, 0.15) is 25.5 Å². The molecule has 1 saturated carbocycles. The van der Waals surface area contributed by atoms with Gasteiger partial charge in [-0.2, -0.15) is 0 Å². The highest BCUT2D eigenvalue weighted by Gasteiger charge is 2.34. The number of carbonyl (C=O) groups is 2. The van der Waals surface area contributed by atoms with E-state index in [0.717, 1.165) is 18.5 Å². The maximum atomic E-state index is 12.0. The van der Waals surface area contributed by atoms with Crippen molar-refractivity contribution in [2.75, 3.05) is 7.11 Å². The van der Waals surface area contributed by atoms with Crippen molar-refractivity contribution in [3.05, 3.63) is 18.2 Å². The van der Waals surface area contributed by atoms with Crippen molar-refractivity contribution in [1.82, 2.24) is 15.3 Å². The van der Waals surface area contributed by atoms with Gasteiger partial charge in [0.1, 0.15) is 6.04 Å². The molecule has 1 aromatic heterocycles. The van der Waals surface area contributed by atoms with Crippen molar-refractivity contribution in [2.45, 2.75) is 32.2 Å². The number of ether oxygens (including phenoxy) is 1. The van der Waals surface area contributed by atoms with Crippen molar-refractivity contribution in [3.8, 4) is 0 Å². The summed E-state index contributed by atoms with van der Waals surface area (Å²) in [6, 6.07) is -0.667. The number of carbonyl (C=O) groups excluding carboxylic acids is 2. The number of hydrogen-bond acceptors (Lipinski definition) is 4. The van der Waals surface area contributed by atoms with Gasteiger partial charge >= 0.3 is 5.97 Å². The second-order valence-corrected chi connectivity index (χ2v) is 4.99. The fourth-order valence-corrected chi connectivity index (χ4v) is 2.07. The van der Waals surface area contributed by atoms with Gasteiger partial charge in [0.25, 0.3) is 0 Å². The van der Waals surface area contributed by atoms with Crippen molar-refractivity contribution in [1.29, 1.82) is 0 Å². The number of esters is 1. The number of aromatic nitrogens is 2. The van der Waals surface area contributed by atoms with E-state index in [1.807, 2.05) is 6.92 Å². The SMILES string of the molecule is COC(=O)[C@H](Cc1cnc[nH]1)NC(=O)C(C)C1CC1. The molecule has 1 aromatic rings. The summed E-state index contributed by atoms with van der Waals surface area (Å²) in [5.41, 5.74) is 0.787. The monoisotopic (exact) mass is 265 g/mol. The van der Waals surface area contributed by atoms with Crippen LogP contribution in [0.2, 0.25) is 0 Å². The number of nitrogens with zero attached hydrogens (tertiary/aromatic N) is 1. The highest BCUT2D eigenvalue weighted by Crippen LogP contribution is 2.36. The highest BCUT2D eigenvalue weighted by atomic mass is 16.5. The fraction of sp³-hybridized carbons (Fsp3) is 0.615. The van der Waals surface area contributed by atoms with E-state index in [9.17, 15) is 9.59 Å². The van der Waals surface area contributed by atoms with Gasteiger partial charge in [0.2, 0.25) is 5.91 Å². The lowest BCUT2D eigenvalue weighted by Gasteiger charge is -2.18. The minimum Gasteiger partial charge on any atom is -0.467 e. The molecule has 1 fully saturated rings. The van der Waals surface area contributed by atoms with Gasteiger partial charge in [-0.15, -0.1) is 0 Å². The number of hydrogen-bond donors (Lipinski definition) is 2. The van der Waals surface area contributed by atoms with Crippen LogP contribution in [0.25, 0.3) is 0 Å². The van der Waals surface area contributed by atoms with Crippen LogP contribution in [0.15, 0.2) is 12.5 Å². The summed E-state index contributed by atoms with van der Waals surface area (Å²) in [6.45, 7) is 1.90. The Morgan fingerprint density at radius 3 is 2.84 bits per heavy atom. The molecule has 2 N–H and O–H groups in total. The number of aromatic amines is 1. The van der Waals surface area contributed by atoms with E-state index in [-0.39, 0.29) is 11.8 Å². The van der Waals surface area contributed by atoms with Gasteiger partial charge in [0.15, 0.2) is 0 Å². The van der Waals surface area contributed by atoms with Gasteiger partial charge in [-0.1, -0.05) is 6.92 Å². The van der Waals surface area contributed by atoms with Crippen molar-refractivity contribution in [2.24, 2.45) is 11.8 Å².